The minimum absolute atomic E-state index is 0.0437. The fraction of sp³-hybridized carbons (Fsp3) is 0.556. The van der Waals surface area contributed by atoms with E-state index < -0.39 is 0 Å². The lowest BCUT2D eigenvalue weighted by molar-refractivity contribution is -0.145. The van der Waals surface area contributed by atoms with Gasteiger partial charge >= 0.3 is 0 Å². The quantitative estimate of drug-likeness (QED) is 0.803. The minimum atomic E-state index is 0.0437. The molecule has 2 atom stereocenters. The molecule has 4 nitrogen and oxygen atoms in total. The maximum Gasteiger partial charge on any atom is 0.232 e. The fourth-order valence-corrected chi connectivity index (χ4v) is 3.87. The van der Waals surface area contributed by atoms with Gasteiger partial charge in [0.05, 0.1) is 0 Å². The highest BCUT2D eigenvalue weighted by Gasteiger charge is 2.44. The molecular formula is C18H22N2O2. The van der Waals surface area contributed by atoms with Crippen LogP contribution in [0.2, 0.25) is 0 Å². The molecule has 1 aliphatic carbocycles. The van der Waals surface area contributed by atoms with Crippen LogP contribution in [0.3, 0.4) is 0 Å². The standard InChI is InChI=1S/C18H22N2O2/c21-17-10-15-8-9-16(12-20(17)18(22)14-6-7-14)19(15)11-13-4-2-1-3-5-13/h1-5,14-16H,6-12H2/t15-,16+/m0/s1. The van der Waals surface area contributed by atoms with E-state index in [9.17, 15) is 9.59 Å². The molecule has 0 radical (unpaired) electrons. The van der Waals surface area contributed by atoms with E-state index in [-0.39, 0.29) is 17.7 Å². The number of amides is 2. The van der Waals surface area contributed by atoms with Crippen molar-refractivity contribution in [1.82, 2.24) is 9.80 Å². The lowest BCUT2D eigenvalue weighted by atomic mass is 10.1. The van der Waals surface area contributed by atoms with Crippen molar-refractivity contribution in [3.05, 3.63) is 35.9 Å². The molecule has 3 aliphatic rings. The highest BCUT2D eigenvalue weighted by Crippen LogP contribution is 2.36. The van der Waals surface area contributed by atoms with Crippen LogP contribution in [0.15, 0.2) is 30.3 Å². The molecule has 116 valence electrons. The molecule has 1 aromatic carbocycles. The summed E-state index contributed by atoms with van der Waals surface area (Å²) in [6.07, 6.45) is 4.60. The zero-order chi connectivity index (χ0) is 15.1. The van der Waals surface area contributed by atoms with E-state index in [4.69, 9.17) is 0 Å². The third kappa shape index (κ3) is 2.56. The maximum atomic E-state index is 12.5. The summed E-state index contributed by atoms with van der Waals surface area (Å²) in [5, 5.41) is 0. The summed E-state index contributed by atoms with van der Waals surface area (Å²) in [5.41, 5.74) is 1.29. The van der Waals surface area contributed by atoms with Gasteiger partial charge in [0.25, 0.3) is 0 Å². The molecule has 0 N–H and O–H groups in total. The lowest BCUT2D eigenvalue weighted by Gasteiger charge is -2.28. The topological polar surface area (TPSA) is 40.6 Å². The molecule has 2 saturated heterocycles. The summed E-state index contributed by atoms with van der Waals surface area (Å²) in [4.78, 5) is 28.8. The van der Waals surface area contributed by atoms with Crippen LogP contribution in [0.4, 0.5) is 0 Å². The van der Waals surface area contributed by atoms with Gasteiger partial charge in [0.1, 0.15) is 0 Å². The average molecular weight is 298 g/mol. The Labute approximate surface area is 131 Å². The van der Waals surface area contributed by atoms with Crippen molar-refractivity contribution in [2.45, 2.75) is 50.7 Å². The van der Waals surface area contributed by atoms with Gasteiger partial charge in [-0.05, 0) is 31.2 Å². The second-order valence-corrected chi connectivity index (χ2v) is 6.86. The zero-order valence-electron chi connectivity index (χ0n) is 12.8. The van der Waals surface area contributed by atoms with Crippen LogP contribution in [-0.4, -0.2) is 40.2 Å². The maximum absolute atomic E-state index is 12.5. The number of hydrogen-bond acceptors (Lipinski definition) is 3. The summed E-state index contributed by atoms with van der Waals surface area (Å²) in [6.45, 7) is 1.48. The number of imide groups is 1. The van der Waals surface area contributed by atoms with Gasteiger partial charge in [0.2, 0.25) is 11.8 Å². The number of hydrogen-bond donors (Lipinski definition) is 0. The van der Waals surface area contributed by atoms with Crippen molar-refractivity contribution in [3.63, 3.8) is 0 Å². The van der Waals surface area contributed by atoms with Crippen LogP contribution in [0.5, 0.6) is 0 Å². The van der Waals surface area contributed by atoms with Crippen molar-refractivity contribution in [1.29, 1.82) is 0 Å². The number of benzene rings is 1. The molecule has 0 spiro atoms. The third-order valence-corrected chi connectivity index (χ3v) is 5.28. The van der Waals surface area contributed by atoms with Gasteiger partial charge in [0.15, 0.2) is 0 Å². The van der Waals surface area contributed by atoms with E-state index in [2.05, 4.69) is 29.2 Å². The molecule has 1 aromatic rings. The molecule has 0 aromatic heterocycles. The minimum Gasteiger partial charge on any atom is -0.291 e. The molecule has 3 fully saturated rings. The Balaban J connectivity index is 1.52. The summed E-state index contributed by atoms with van der Waals surface area (Å²) < 4.78 is 0. The second-order valence-electron chi connectivity index (χ2n) is 6.86. The second kappa shape index (κ2) is 5.51. The van der Waals surface area contributed by atoms with Crippen LogP contribution >= 0.6 is 0 Å². The van der Waals surface area contributed by atoms with Crippen molar-refractivity contribution in [2.24, 2.45) is 5.92 Å². The number of fused-ring (bicyclic) bond motifs is 2. The first kappa shape index (κ1) is 13.9. The summed E-state index contributed by atoms with van der Waals surface area (Å²) in [7, 11) is 0. The first-order valence-corrected chi connectivity index (χ1v) is 8.36. The summed E-state index contributed by atoms with van der Waals surface area (Å²) >= 11 is 0. The molecule has 1 saturated carbocycles. The average Bonchev–Trinajstić information content (AvgIpc) is 3.31. The predicted molar refractivity (Wildman–Crippen MR) is 82.9 cm³/mol. The fourth-order valence-electron chi connectivity index (χ4n) is 3.87. The van der Waals surface area contributed by atoms with E-state index in [0.29, 0.717) is 25.0 Å². The zero-order valence-corrected chi connectivity index (χ0v) is 12.8. The highest BCUT2D eigenvalue weighted by atomic mass is 16.2. The monoisotopic (exact) mass is 298 g/mol. The van der Waals surface area contributed by atoms with E-state index in [1.807, 2.05) is 6.07 Å². The van der Waals surface area contributed by atoms with Crippen LogP contribution in [0.1, 0.15) is 37.7 Å². The number of carbonyl (C=O) groups is 2. The molecule has 4 rings (SSSR count). The lowest BCUT2D eigenvalue weighted by Crippen LogP contribution is -2.43. The smallest absolute Gasteiger partial charge is 0.232 e. The largest absolute Gasteiger partial charge is 0.291 e. The summed E-state index contributed by atoms with van der Waals surface area (Å²) in [5.74, 6) is 0.252. The molecule has 2 aliphatic heterocycles. The molecule has 22 heavy (non-hydrogen) atoms. The van der Waals surface area contributed by atoms with Crippen LogP contribution in [0, 0.1) is 5.92 Å². The SMILES string of the molecule is O=C1C[C@@H]2CC[C@H](CN1C(=O)C1CC1)N2Cc1ccccc1. The van der Waals surface area contributed by atoms with Gasteiger partial charge in [-0.3, -0.25) is 19.4 Å². The van der Waals surface area contributed by atoms with Crippen molar-refractivity contribution < 1.29 is 9.59 Å². The molecule has 2 heterocycles. The molecule has 0 unspecified atom stereocenters. The third-order valence-electron chi connectivity index (χ3n) is 5.28. The van der Waals surface area contributed by atoms with Crippen LogP contribution in [-0.2, 0) is 16.1 Å². The van der Waals surface area contributed by atoms with Crippen molar-refractivity contribution >= 4 is 11.8 Å². The Kier molecular flexibility index (Phi) is 3.49. The normalized spacial score (nSPS) is 28.7. The van der Waals surface area contributed by atoms with E-state index in [1.165, 1.54) is 5.56 Å². The molecule has 2 amide bonds. The van der Waals surface area contributed by atoms with Crippen LogP contribution in [0.25, 0.3) is 0 Å². The van der Waals surface area contributed by atoms with Gasteiger partial charge in [0, 0.05) is 37.5 Å². The van der Waals surface area contributed by atoms with Gasteiger partial charge < -0.3 is 0 Å². The first-order chi connectivity index (χ1) is 10.7. The first-order valence-electron chi connectivity index (χ1n) is 8.36. The Hall–Kier alpha value is -1.68. The van der Waals surface area contributed by atoms with Gasteiger partial charge in [-0.25, -0.2) is 0 Å². The van der Waals surface area contributed by atoms with Crippen LogP contribution < -0.4 is 0 Å². The van der Waals surface area contributed by atoms with Gasteiger partial charge in [-0.2, -0.15) is 0 Å². The Morgan fingerprint density at radius 2 is 1.77 bits per heavy atom. The van der Waals surface area contributed by atoms with Crippen molar-refractivity contribution in [3.8, 4) is 0 Å². The number of carbonyl (C=O) groups excluding carboxylic acids is 2. The van der Waals surface area contributed by atoms with E-state index in [0.717, 1.165) is 32.2 Å². The Morgan fingerprint density at radius 3 is 2.50 bits per heavy atom. The van der Waals surface area contributed by atoms with Gasteiger partial charge in [-0.1, -0.05) is 30.3 Å². The van der Waals surface area contributed by atoms with E-state index >= 15 is 0 Å². The number of nitrogens with zero attached hydrogens (tertiary/aromatic N) is 2. The Morgan fingerprint density at radius 1 is 1.05 bits per heavy atom. The number of rotatable bonds is 3. The predicted octanol–water partition coefficient (Wildman–Crippen LogP) is 2.19. The molecule has 4 heteroatoms. The van der Waals surface area contributed by atoms with Crippen molar-refractivity contribution in [2.75, 3.05) is 6.54 Å². The molecule has 2 bridgehead atoms. The summed E-state index contributed by atoms with van der Waals surface area (Å²) in [6, 6.07) is 11.1. The molecular weight excluding hydrogens is 276 g/mol. The highest BCUT2D eigenvalue weighted by molar-refractivity contribution is 5.97. The van der Waals surface area contributed by atoms with Gasteiger partial charge in [-0.15, -0.1) is 0 Å². The Bertz CT molecular complexity index is 582. The number of likely N-dealkylation sites (tertiary alicyclic amines) is 1. The van der Waals surface area contributed by atoms with E-state index in [1.54, 1.807) is 4.90 Å².